The van der Waals surface area contributed by atoms with Gasteiger partial charge in [-0.1, -0.05) is 30.3 Å². The van der Waals surface area contributed by atoms with Gasteiger partial charge in [0.05, 0.1) is 5.41 Å². The van der Waals surface area contributed by atoms with Gasteiger partial charge in [-0.25, -0.2) is 0 Å². The second-order valence-electron chi connectivity index (χ2n) is 4.61. The van der Waals surface area contributed by atoms with Crippen LogP contribution in [0, 0.1) is 0 Å². The maximum Gasteiger partial charge on any atom is 0.314 e. The molecule has 0 fully saturated rings. The first-order valence-electron chi connectivity index (χ1n) is 6.17. The summed E-state index contributed by atoms with van der Waals surface area (Å²) < 4.78 is 0. The number of carbonyl (C=O) groups is 2. The Morgan fingerprint density at radius 3 is 2.42 bits per heavy atom. The zero-order chi connectivity index (χ0) is 14.3. The van der Waals surface area contributed by atoms with Crippen molar-refractivity contribution in [1.29, 1.82) is 0 Å². The Morgan fingerprint density at radius 2 is 1.89 bits per heavy atom. The molecular weight excluding hydrogens is 246 g/mol. The molecule has 0 saturated carbocycles. The summed E-state index contributed by atoms with van der Waals surface area (Å²) in [7, 11) is 0. The van der Waals surface area contributed by atoms with Crippen molar-refractivity contribution in [3.8, 4) is 0 Å². The van der Waals surface area contributed by atoms with Crippen LogP contribution in [0.3, 0.4) is 0 Å². The molecule has 0 aliphatic rings. The van der Waals surface area contributed by atoms with Gasteiger partial charge >= 0.3 is 5.97 Å². The van der Waals surface area contributed by atoms with Crippen LogP contribution >= 0.6 is 0 Å². The summed E-state index contributed by atoms with van der Waals surface area (Å²) in [5.74, 6) is -1.36. The van der Waals surface area contributed by atoms with Gasteiger partial charge in [-0.15, -0.1) is 0 Å². The molecule has 1 unspecified atom stereocenters. The molecule has 1 aromatic rings. The Hall–Kier alpha value is -1.88. The van der Waals surface area contributed by atoms with Gasteiger partial charge in [0.2, 0.25) is 5.91 Å². The maximum absolute atomic E-state index is 11.8. The van der Waals surface area contributed by atoms with Gasteiger partial charge in [0.15, 0.2) is 0 Å². The number of carboxylic acids is 1. The molecule has 0 saturated heterocycles. The number of aliphatic hydroxyl groups is 1. The lowest BCUT2D eigenvalue weighted by molar-refractivity contribution is -0.145. The molecule has 5 nitrogen and oxygen atoms in total. The van der Waals surface area contributed by atoms with Crippen LogP contribution < -0.4 is 5.32 Å². The van der Waals surface area contributed by atoms with Crippen LogP contribution in [-0.2, 0) is 15.0 Å². The van der Waals surface area contributed by atoms with Crippen molar-refractivity contribution in [2.24, 2.45) is 0 Å². The predicted octanol–water partition coefficient (Wildman–Crippen LogP) is 0.918. The van der Waals surface area contributed by atoms with E-state index in [9.17, 15) is 14.7 Å². The molecule has 1 rings (SSSR count). The van der Waals surface area contributed by atoms with Crippen molar-refractivity contribution in [3.63, 3.8) is 0 Å². The van der Waals surface area contributed by atoms with Gasteiger partial charge in [0.1, 0.15) is 0 Å². The average molecular weight is 265 g/mol. The van der Waals surface area contributed by atoms with E-state index in [1.165, 1.54) is 6.92 Å². The van der Waals surface area contributed by atoms with E-state index in [1.54, 1.807) is 30.3 Å². The van der Waals surface area contributed by atoms with E-state index in [1.807, 2.05) is 0 Å². The van der Waals surface area contributed by atoms with Crippen LogP contribution in [0.15, 0.2) is 30.3 Å². The molecule has 19 heavy (non-hydrogen) atoms. The zero-order valence-corrected chi connectivity index (χ0v) is 10.9. The van der Waals surface area contributed by atoms with Gasteiger partial charge in [-0.3, -0.25) is 9.59 Å². The molecule has 0 heterocycles. The summed E-state index contributed by atoms with van der Waals surface area (Å²) in [6.07, 6.45) is 0.332. The first-order chi connectivity index (χ1) is 9.00. The number of aliphatic hydroxyl groups excluding tert-OH is 1. The fourth-order valence-corrected chi connectivity index (χ4v) is 1.80. The number of hydrogen-bond acceptors (Lipinski definition) is 3. The van der Waals surface area contributed by atoms with Crippen LogP contribution in [0.5, 0.6) is 0 Å². The minimum atomic E-state index is -1.25. The molecule has 1 atom stereocenters. The van der Waals surface area contributed by atoms with Crippen molar-refractivity contribution in [3.05, 3.63) is 35.9 Å². The topological polar surface area (TPSA) is 86.6 Å². The van der Waals surface area contributed by atoms with E-state index in [0.717, 1.165) is 0 Å². The number of carbonyl (C=O) groups excluding carboxylic acids is 1. The van der Waals surface area contributed by atoms with E-state index in [0.29, 0.717) is 18.5 Å². The molecule has 0 radical (unpaired) electrons. The van der Waals surface area contributed by atoms with E-state index in [-0.39, 0.29) is 18.9 Å². The summed E-state index contributed by atoms with van der Waals surface area (Å²) in [5.41, 5.74) is -0.648. The second-order valence-corrected chi connectivity index (χ2v) is 4.61. The quantitative estimate of drug-likeness (QED) is 0.640. The lowest BCUT2D eigenvalue weighted by Gasteiger charge is -2.24. The molecule has 0 aliphatic carbocycles. The van der Waals surface area contributed by atoms with Crippen molar-refractivity contribution in [2.75, 3.05) is 13.2 Å². The van der Waals surface area contributed by atoms with Gasteiger partial charge < -0.3 is 15.5 Å². The Kier molecular flexibility index (Phi) is 5.51. The fraction of sp³-hybridized carbons (Fsp3) is 0.429. The van der Waals surface area contributed by atoms with Gasteiger partial charge in [-0.2, -0.15) is 0 Å². The Bertz CT molecular complexity index is 432. The van der Waals surface area contributed by atoms with Crippen LogP contribution in [0.1, 0.15) is 25.3 Å². The number of rotatable bonds is 7. The van der Waals surface area contributed by atoms with E-state index < -0.39 is 11.4 Å². The van der Waals surface area contributed by atoms with Crippen molar-refractivity contribution in [1.82, 2.24) is 5.32 Å². The SMILES string of the molecule is CC(CC(=O)NCCCO)(C(=O)O)c1ccccc1. The second kappa shape index (κ2) is 6.89. The number of aliphatic carboxylic acids is 1. The molecule has 0 aliphatic heterocycles. The van der Waals surface area contributed by atoms with Gasteiger partial charge in [0, 0.05) is 19.6 Å². The average Bonchev–Trinajstić information content (AvgIpc) is 2.39. The highest BCUT2D eigenvalue weighted by Gasteiger charge is 2.37. The first-order valence-corrected chi connectivity index (χ1v) is 6.17. The lowest BCUT2D eigenvalue weighted by Crippen LogP contribution is -2.39. The highest BCUT2D eigenvalue weighted by Crippen LogP contribution is 2.27. The third-order valence-corrected chi connectivity index (χ3v) is 3.05. The summed E-state index contributed by atoms with van der Waals surface area (Å²) >= 11 is 0. The van der Waals surface area contributed by atoms with E-state index in [4.69, 9.17) is 5.11 Å². The minimum Gasteiger partial charge on any atom is -0.481 e. The van der Waals surface area contributed by atoms with Crippen molar-refractivity contribution in [2.45, 2.75) is 25.2 Å². The van der Waals surface area contributed by atoms with Crippen LogP contribution in [0.25, 0.3) is 0 Å². The summed E-state index contributed by atoms with van der Waals surface area (Å²) in [6.45, 7) is 1.88. The smallest absolute Gasteiger partial charge is 0.314 e. The maximum atomic E-state index is 11.8. The first kappa shape index (κ1) is 15.2. The zero-order valence-electron chi connectivity index (χ0n) is 10.9. The number of nitrogens with one attached hydrogen (secondary N) is 1. The molecular formula is C14H19NO4. The summed E-state index contributed by atoms with van der Waals surface area (Å²) in [4.78, 5) is 23.2. The molecule has 1 aromatic carbocycles. The largest absolute Gasteiger partial charge is 0.481 e. The third-order valence-electron chi connectivity index (χ3n) is 3.05. The highest BCUT2D eigenvalue weighted by atomic mass is 16.4. The highest BCUT2D eigenvalue weighted by molar-refractivity contribution is 5.89. The third kappa shape index (κ3) is 4.06. The van der Waals surface area contributed by atoms with Crippen LogP contribution in [0.2, 0.25) is 0 Å². The van der Waals surface area contributed by atoms with Crippen LogP contribution in [0.4, 0.5) is 0 Å². The molecule has 104 valence electrons. The number of amides is 1. The molecule has 5 heteroatoms. The fourth-order valence-electron chi connectivity index (χ4n) is 1.80. The Morgan fingerprint density at radius 1 is 1.26 bits per heavy atom. The molecule has 3 N–H and O–H groups in total. The summed E-state index contributed by atoms with van der Waals surface area (Å²) in [6, 6.07) is 8.71. The molecule has 0 spiro atoms. The van der Waals surface area contributed by atoms with Gasteiger partial charge in [0.25, 0.3) is 0 Å². The van der Waals surface area contributed by atoms with E-state index in [2.05, 4.69) is 5.32 Å². The lowest BCUT2D eigenvalue weighted by atomic mass is 9.79. The van der Waals surface area contributed by atoms with Crippen molar-refractivity contribution < 1.29 is 19.8 Å². The molecule has 1 amide bonds. The molecule has 0 bridgehead atoms. The number of hydrogen-bond donors (Lipinski definition) is 3. The van der Waals surface area contributed by atoms with Gasteiger partial charge in [-0.05, 0) is 18.9 Å². The Balaban J connectivity index is 2.78. The minimum absolute atomic E-state index is 0.00480. The summed E-state index contributed by atoms with van der Waals surface area (Å²) in [5, 5.41) is 20.6. The number of benzene rings is 1. The monoisotopic (exact) mass is 265 g/mol. The van der Waals surface area contributed by atoms with E-state index >= 15 is 0 Å². The standard InChI is InChI=1S/C14H19NO4/c1-14(13(18)19,11-6-3-2-4-7-11)10-12(17)15-8-5-9-16/h2-4,6-7,16H,5,8-10H2,1H3,(H,15,17)(H,18,19). The Labute approximate surface area is 112 Å². The molecule has 0 aromatic heterocycles. The number of carboxylic acid groups (broad SMARTS) is 1. The predicted molar refractivity (Wildman–Crippen MR) is 70.8 cm³/mol. The van der Waals surface area contributed by atoms with Crippen LogP contribution in [-0.4, -0.2) is 35.2 Å². The normalized spacial score (nSPS) is 13.6. The van der Waals surface area contributed by atoms with Crippen molar-refractivity contribution >= 4 is 11.9 Å².